The second-order valence-electron chi connectivity index (χ2n) is 3.11. The minimum atomic E-state index is -0.534. The largest absolute Gasteiger partial charge is 0.450 e. The molecule has 1 N–H and O–H groups in total. The third kappa shape index (κ3) is 3.23. The topological polar surface area (TPSA) is 38.3 Å². The van der Waals surface area contributed by atoms with Gasteiger partial charge in [-0.1, -0.05) is 18.2 Å². The molecule has 1 aromatic carbocycles. The average Bonchev–Trinajstić information content (AvgIpc) is 2.18. The van der Waals surface area contributed by atoms with E-state index in [9.17, 15) is 9.18 Å². The second-order valence-corrected chi connectivity index (χ2v) is 3.11. The van der Waals surface area contributed by atoms with E-state index in [1.165, 1.54) is 6.07 Å². The zero-order chi connectivity index (χ0) is 11.3. The molecule has 4 heteroatoms. The molecule has 1 aromatic rings. The maximum Gasteiger partial charge on any atom is 0.407 e. The first-order chi connectivity index (χ1) is 7.15. The molecule has 1 amide bonds. The van der Waals surface area contributed by atoms with Gasteiger partial charge in [0.1, 0.15) is 5.82 Å². The van der Waals surface area contributed by atoms with Crippen molar-refractivity contribution >= 4 is 6.09 Å². The van der Waals surface area contributed by atoms with Gasteiger partial charge in [-0.2, -0.15) is 0 Å². The molecule has 1 rings (SSSR count). The normalized spacial score (nSPS) is 11.9. The number of alkyl carbamates (subject to hydrolysis) is 1. The molecule has 0 saturated carbocycles. The summed E-state index contributed by atoms with van der Waals surface area (Å²) in [5.41, 5.74) is 0.450. The smallest absolute Gasteiger partial charge is 0.407 e. The Morgan fingerprint density at radius 3 is 2.80 bits per heavy atom. The van der Waals surface area contributed by atoms with Crippen molar-refractivity contribution in [1.82, 2.24) is 5.32 Å². The van der Waals surface area contributed by atoms with Gasteiger partial charge in [-0.05, 0) is 19.9 Å². The van der Waals surface area contributed by atoms with E-state index in [2.05, 4.69) is 5.32 Å². The first-order valence-corrected chi connectivity index (χ1v) is 4.83. The monoisotopic (exact) mass is 211 g/mol. The number of amides is 1. The molecule has 1 atom stereocenters. The summed E-state index contributed by atoms with van der Waals surface area (Å²) in [6.07, 6.45) is -0.534. The highest BCUT2D eigenvalue weighted by molar-refractivity contribution is 5.67. The summed E-state index contributed by atoms with van der Waals surface area (Å²) in [4.78, 5) is 11.1. The molecule has 0 fully saturated rings. The molecule has 0 radical (unpaired) electrons. The van der Waals surface area contributed by atoms with Crippen molar-refractivity contribution in [2.45, 2.75) is 19.9 Å². The lowest BCUT2D eigenvalue weighted by Crippen LogP contribution is -2.27. The Bertz CT molecular complexity index is 341. The minimum Gasteiger partial charge on any atom is -0.450 e. The van der Waals surface area contributed by atoms with Gasteiger partial charge in [0.15, 0.2) is 0 Å². The highest BCUT2D eigenvalue weighted by Gasteiger charge is 2.12. The molecular formula is C11H14FNO2. The summed E-state index contributed by atoms with van der Waals surface area (Å²) in [6, 6.07) is 5.92. The molecule has 0 heterocycles. The van der Waals surface area contributed by atoms with Crippen LogP contribution in [0.1, 0.15) is 25.5 Å². The third-order valence-corrected chi connectivity index (χ3v) is 1.98. The van der Waals surface area contributed by atoms with Crippen LogP contribution in [0.4, 0.5) is 9.18 Å². The standard InChI is InChI=1S/C11H14FNO2/c1-3-15-11(14)13-8(2)9-6-4-5-7-10(9)12/h4-8H,3H2,1-2H3,(H,13,14). The van der Waals surface area contributed by atoms with Crippen LogP contribution in [0.15, 0.2) is 24.3 Å². The molecule has 0 aliphatic rings. The van der Waals surface area contributed by atoms with Crippen LogP contribution in [0.25, 0.3) is 0 Å². The molecule has 0 aromatic heterocycles. The van der Waals surface area contributed by atoms with Gasteiger partial charge in [-0.3, -0.25) is 0 Å². The number of benzene rings is 1. The molecular weight excluding hydrogens is 197 g/mol. The van der Waals surface area contributed by atoms with Crippen molar-refractivity contribution < 1.29 is 13.9 Å². The van der Waals surface area contributed by atoms with Crippen LogP contribution in [0.2, 0.25) is 0 Å². The maximum absolute atomic E-state index is 13.3. The number of hydrogen-bond donors (Lipinski definition) is 1. The molecule has 3 nitrogen and oxygen atoms in total. The number of carbonyl (C=O) groups excluding carboxylic acids is 1. The van der Waals surface area contributed by atoms with Crippen LogP contribution in [0.5, 0.6) is 0 Å². The molecule has 0 bridgehead atoms. The van der Waals surface area contributed by atoms with Crippen LogP contribution < -0.4 is 5.32 Å². The van der Waals surface area contributed by atoms with E-state index in [0.717, 1.165) is 0 Å². The van der Waals surface area contributed by atoms with Crippen molar-refractivity contribution in [3.05, 3.63) is 35.6 Å². The Balaban J connectivity index is 2.65. The number of halogens is 1. The van der Waals surface area contributed by atoms with Gasteiger partial charge in [0.25, 0.3) is 0 Å². The molecule has 0 spiro atoms. The van der Waals surface area contributed by atoms with E-state index >= 15 is 0 Å². The summed E-state index contributed by atoms with van der Waals surface area (Å²) in [5.74, 6) is -0.332. The number of nitrogens with one attached hydrogen (secondary N) is 1. The fraction of sp³-hybridized carbons (Fsp3) is 0.364. The maximum atomic E-state index is 13.3. The third-order valence-electron chi connectivity index (χ3n) is 1.98. The summed E-state index contributed by atoms with van der Waals surface area (Å²) in [6.45, 7) is 3.72. The van der Waals surface area contributed by atoms with Gasteiger partial charge in [-0.15, -0.1) is 0 Å². The van der Waals surface area contributed by atoms with E-state index < -0.39 is 12.1 Å². The fourth-order valence-corrected chi connectivity index (χ4v) is 1.25. The van der Waals surface area contributed by atoms with Crippen LogP contribution >= 0.6 is 0 Å². The lowest BCUT2D eigenvalue weighted by atomic mass is 10.1. The predicted octanol–water partition coefficient (Wildman–Crippen LogP) is 2.63. The Labute approximate surface area is 88.2 Å². The molecule has 1 unspecified atom stereocenters. The van der Waals surface area contributed by atoms with Crippen molar-refractivity contribution in [3.63, 3.8) is 0 Å². The summed E-state index contributed by atoms with van der Waals surface area (Å²) in [5, 5.41) is 2.54. The first-order valence-electron chi connectivity index (χ1n) is 4.83. The quantitative estimate of drug-likeness (QED) is 0.834. The van der Waals surface area contributed by atoms with Gasteiger partial charge in [0, 0.05) is 5.56 Å². The van der Waals surface area contributed by atoms with Crippen molar-refractivity contribution in [2.75, 3.05) is 6.61 Å². The fourth-order valence-electron chi connectivity index (χ4n) is 1.25. The molecule has 82 valence electrons. The van der Waals surface area contributed by atoms with Gasteiger partial charge < -0.3 is 10.1 Å². The predicted molar refractivity (Wildman–Crippen MR) is 55.0 cm³/mol. The Hall–Kier alpha value is -1.58. The molecule has 0 aliphatic carbocycles. The van der Waals surface area contributed by atoms with Crippen molar-refractivity contribution in [2.24, 2.45) is 0 Å². The van der Waals surface area contributed by atoms with Crippen molar-refractivity contribution in [3.8, 4) is 0 Å². The number of rotatable bonds is 3. The highest BCUT2D eigenvalue weighted by Crippen LogP contribution is 2.15. The molecule has 15 heavy (non-hydrogen) atoms. The van der Waals surface area contributed by atoms with E-state index in [-0.39, 0.29) is 5.82 Å². The molecule has 0 aliphatic heterocycles. The zero-order valence-corrected chi connectivity index (χ0v) is 8.79. The van der Waals surface area contributed by atoms with Gasteiger partial charge in [0.2, 0.25) is 0 Å². The lowest BCUT2D eigenvalue weighted by molar-refractivity contribution is 0.148. The number of hydrogen-bond acceptors (Lipinski definition) is 2. The van der Waals surface area contributed by atoms with Crippen LogP contribution in [-0.4, -0.2) is 12.7 Å². The second kappa shape index (κ2) is 5.34. The van der Waals surface area contributed by atoms with Crippen LogP contribution in [-0.2, 0) is 4.74 Å². The Morgan fingerprint density at radius 2 is 2.20 bits per heavy atom. The van der Waals surface area contributed by atoms with Crippen LogP contribution in [0.3, 0.4) is 0 Å². The number of ether oxygens (including phenoxy) is 1. The zero-order valence-electron chi connectivity index (χ0n) is 8.79. The lowest BCUT2D eigenvalue weighted by Gasteiger charge is -2.14. The average molecular weight is 211 g/mol. The summed E-state index contributed by atoms with van der Waals surface area (Å²) >= 11 is 0. The SMILES string of the molecule is CCOC(=O)NC(C)c1ccccc1F. The summed E-state index contributed by atoms with van der Waals surface area (Å²) < 4.78 is 18.0. The van der Waals surface area contributed by atoms with Gasteiger partial charge >= 0.3 is 6.09 Å². The van der Waals surface area contributed by atoms with E-state index in [1.807, 2.05) is 0 Å². The number of carbonyl (C=O) groups is 1. The summed E-state index contributed by atoms with van der Waals surface area (Å²) in [7, 11) is 0. The van der Waals surface area contributed by atoms with Gasteiger partial charge in [-0.25, -0.2) is 9.18 Å². The van der Waals surface area contributed by atoms with Gasteiger partial charge in [0.05, 0.1) is 12.6 Å². The minimum absolute atomic E-state index is 0.301. The van der Waals surface area contributed by atoms with Crippen LogP contribution in [0, 0.1) is 5.82 Å². The van der Waals surface area contributed by atoms with E-state index in [1.54, 1.807) is 32.0 Å². The van der Waals surface area contributed by atoms with E-state index in [0.29, 0.717) is 12.2 Å². The highest BCUT2D eigenvalue weighted by atomic mass is 19.1. The van der Waals surface area contributed by atoms with E-state index in [4.69, 9.17) is 4.74 Å². The Morgan fingerprint density at radius 1 is 1.53 bits per heavy atom. The van der Waals surface area contributed by atoms with Crippen molar-refractivity contribution in [1.29, 1.82) is 0 Å². The molecule has 0 saturated heterocycles. The first kappa shape index (κ1) is 11.5. The Kier molecular flexibility index (Phi) is 4.09.